The molecule has 3 aromatic rings. The molecule has 234 valence electrons. The van der Waals surface area contributed by atoms with E-state index in [1.807, 2.05) is 72.8 Å². The van der Waals surface area contributed by atoms with Crippen LogP contribution in [0.5, 0.6) is 0 Å². The van der Waals surface area contributed by atoms with Gasteiger partial charge in [0.05, 0.1) is 35.8 Å². The fourth-order valence-corrected chi connectivity index (χ4v) is 9.80. The van der Waals surface area contributed by atoms with Crippen molar-refractivity contribution >= 4 is 46.0 Å². The van der Waals surface area contributed by atoms with Crippen LogP contribution in [-0.4, -0.2) is 69.6 Å². The molecule has 1 spiro atoms. The molecule has 6 atom stereocenters. The number of hydrogen-bond donors (Lipinski definition) is 1. The molecule has 0 saturated carbocycles. The van der Waals surface area contributed by atoms with E-state index in [2.05, 4.69) is 13.2 Å². The predicted molar refractivity (Wildman–Crippen MR) is 179 cm³/mol. The van der Waals surface area contributed by atoms with Crippen LogP contribution in [0.25, 0.3) is 10.8 Å². The minimum atomic E-state index is -0.865. The predicted octanol–water partition coefficient (Wildman–Crippen LogP) is 5.56. The quantitative estimate of drug-likeness (QED) is 0.152. The van der Waals surface area contributed by atoms with E-state index in [1.54, 1.807) is 33.7 Å². The summed E-state index contributed by atoms with van der Waals surface area (Å²) in [6, 6.07) is 22.1. The average molecular weight is 625 g/mol. The van der Waals surface area contributed by atoms with E-state index in [9.17, 15) is 14.7 Å². The van der Waals surface area contributed by atoms with Gasteiger partial charge in [-0.25, -0.2) is 0 Å². The Bertz CT molecular complexity index is 1590. The number of benzene rings is 3. The molecule has 3 aromatic carbocycles. The number of allylic oxidation sites excluding steroid dienone is 1. The zero-order valence-corrected chi connectivity index (χ0v) is 26.2. The molecule has 8 heteroatoms. The number of aliphatic hydroxyl groups is 1. The van der Waals surface area contributed by atoms with Crippen LogP contribution in [0.3, 0.4) is 0 Å². The summed E-state index contributed by atoms with van der Waals surface area (Å²) in [5, 5.41) is 12.7. The molecular formula is C37H40N2O5S. The Morgan fingerprint density at radius 2 is 1.82 bits per heavy atom. The van der Waals surface area contributed by atoms with Crippen molar-refractivity contribution in [3.8, 4) is 0 Å². The number of hydrogen-bond acceptors (Lipinski definition) is 6. The van der Waals surface area contributed by atoms with Gasteiger partial charge < -0.3 is 19.6 Å². The number of carbonyl (C=O) groups excluding carboxylic acids is 3. The molecule has 1 N–H and O–H groups in total. The highest BCUT2D eigenvalue weighted by Crippen LogP contribution is 2.67. The van der Waals surface area contributed by atoms with Gasteiger partial charge in [-0.15, -0.1) is 24.9 Å². The van der Waals surface area contributed by atoms with Crippen LogP contribution in [0.15, 0.2) is 98.1 Å². The molecule has 2 bridgehead atoms. The SMILES string of the molecule is C=CCCCOC(=O)[C@@H]1[C@H]2C(=O)N([C@@H](CO)Cc3ccccc3)C(C(=O)N(CC=C)c3ccc4ccccc4c3)C23CC[C@H]1S3. The van der Waals surface area contributed by atoms with Gasteiger partial charge in [0.2, 0.25) is 5.91 Å². The first-order chi connectivity index (χ1) is 21.9. The number of aliphatic hydroxyl groups excluding tert-OH is 1. The third-order valence-corrected chi connectivity index (χ3v) is 11.5. The summed E-state index contributed by atoms with van der Waals surface area (Å²) in [4.78, 5) is 46.6. The topological polar surface area (TPSA) is 87.1 Å². The molecule has 3 aliphatic heterocycles. The molecular weight excluding hydrogens is 584 g/mol. The van der Waals surface area contributed by atoms with Crippen LogP contribution >= 0.6 is 11.8 Å². The van der Waals surface area contributed by atoms with E-state index in [0.29, 0.717) is 24.9 Å². The van der Waals surface area contributed by atoms with E-state index in [1.165, 1.54) is 0 Å². The summed E-state index contributed by atoms with van der Waals surface area (Å²) in [6.07, 6.45) is 6.63. The van der Waals surface area contributed by atoms with Crippen molar-refractivity contribution in [3.05, 3.63) is 104 Å². The fraction of sp³-hybridized carbons (Fsp3) is 0.378. The number of amides is 2. The lowest BCUT2D eigenvalue weighted by Gasteiger charge is -2.39. The smallest absolute Gasteiger partial charge is 0.310 e. The highest BCUT2D eigenvalue weighted by atomic mass is 32.2. The molecule has 3 heterocycles. The summed E-state index contributed by atoms with van der Waals surface area (Å²) in [5.74, 6) is -2.17. The Labute approximate surface area is 268 Å². The number of unbranched alkanes of at least 4 members (excludes halogenated alkanes) is 1. The van der Waals surface area contributed by atoms with Crippen LogP contribution in [0.2, 0.25) is 0 Å². The van der Waals surface area contributed by atoms with Crippen LogP contribution < -0.4 is 4.90 Å². The number of likely N-dealkylation sites (tertiary alicyclic amines) is 1. The number of thioether (sulfide) groups is 1. The number of carbonyl (C=O) groups is 3. The summed E-state index contributed by atoms with van der Waals surface area (Å²) in [5.41, 5.74) is 1.67. The molecule has 7 nitrogen and oxygen atoms in total. The Hall–Kier alpha value is -3.88. The van der Waals surface area contributed by atoms with E-state index in [4.69, 9.17) is 4.74 Å². The van der Waals surface area contributed by atoms with Gasteiger partial charge in [-0.3, -0.25) is 14.4 Å². The van der Waals surface area contributed by atoms with Crippen molar-refractivity contribution < 1.29 is 24.2 Å². The minimum absolute atomic E-state index is 0.0986. The molecule has 2 unspecified atom stereocenters. The third kappa shape index (κ3) is 5.59. The van der Waals surface area contributed by atoms with Gasteiger partial charge >= 0.3 is 5.97 Å². The maximum atomic E-state index is 15.0. The van der Waals surface area contributed by atoms with Gasteiger partial charge in [0, 0.05) is 17.5 Å². The summed E-state index contributed by atoms with van der Waals surface area (Å²) < 4.78 is 4.91. The van der Waals surface area contributed by atoms with E-state index in [-0.39, 0.29) is 42.8 Å². The number of anilines is 1. The number of esters is 1. The number of ether oxygens (including phenoxy) is 1. The first-order valence-corrected chi connectivity index (χ1v) is 16.6. The second kappa shape index (κ2) is 13.2. The lowest BCUT2D eigenvalue weighted by atomic mass is 9.71. The maximum Gasteiger partial charge on any atom is 0.310 e. The molecule has 0 radical (unpaired) electrons. The van der Waals surface area contributed by atoms with Gasteiger partial charge in [0.25, 0.3) is 5.91 Å². The summed E-state index contributed by atoms with van der Waals surface area (Å²) >= 11 is 1.61. The summed E-state index contributed by atoms with van der Waals surface area (Å²) in [7, 11) is 0. The van der Waals surface area contributed by atoms with Gasteiger partial charge in [0.1, 0.15) is 6.04 Å². The Balaban J connectivity index is 1.41. The number of fused-ring (bicyclic) bond motifs is 2. The van der Waals surface area contributed by atoms with Crippen molar-refractivity contribution in [3.63, 3.8) is 0 Å². The van der Waals surface area contributed by atoms with Gasteiger partial charge in [0.15, 0.2) is 0 Å². The van der Waals surface area contributed by atoms with Gasteiger partial charge in [-0.2, -0.15) is 0 Å². The minimum Gasteiger partial charge on any atom is -0.465 e. The highest BCUT2D eigenvalue weighted by molar-refractivity contribution is 8.02. The number of nitrogens with zero attached hydrogens (tertiary/aromatic N) is 2. The van der Waals surface area contributed by atoms with Gasteiger partial charge in [-0.1, -0.05) is 72.8 Å². The van der Waals surface area contributed by atoms with Gasteiger partial charge in [-0.05, 0) is 60.6 Å². The molecule has 3 fully saturated rings. The second-order valence-corrected chi connectivity index (χ2v) is 13.8. The molecule has 6 rings (SSSR count). The van der Waals surface area contributed by atoms with Crippen LogP contribution in [0.4, 0.5) is 5.69 Å². The number of rotatable bonds is 13. The first kappa shape index (κ1) is 31.1. The molecule has 3 saturated heterocycles. The third-order valence-electron chi connectivity index (χ3n) is 9.58. The van der Waals surface area contributed by atoms with Crippen LogP contribution in [-0.2, 0) is 25.5 Å². The molecule has 45 heavy (non-hydrogen) atoms. The zero-order valence-electron chi connectivity index (χ0n) is 25.4. The molecule has 3 aliphatic rings. The average Bonchev–Trinajstić information content (AvgIpc) is 3.72. The van der Waals surface area contributed by atoms with Crippen molar-refractivity contribution in [1.82, 2.24) is 4.90 Å². The van der Waals surface area contributed by atoms with Crippen molar-refractivity contribution in [2.75, 3.05) is 24.7 Å². The van der Waals surface area contributed by atoms with E-state index < -0.39 is 28.7 Å². The maximum absolute atomic E-state index is 15.0. The monoisotopic (exact) mass is 624 g/mol. The zero-order chi connectivity index (χ0) is 31.6. The Morgan fingerprint density at radius 1 is 1.07 bits per heavy atom. The standard InChI is InChI=1S/C37H40N2O5S/c1-3-5-11-21-44-36(43)31-30-18-19-37(45-30)32(31)34(41)39(29(24-40)22-25-12-7-6-8-13-25)33(37)35(42)38(20-4-2)28-17-16-26-14-9-10-15-27(26)23-28/h3-4,6-10,12-17,23,29-33,40H,1-2,5,11,18-22,24H2/t29-,30-,31+,32+,33?,37?/m1/s1. The van der Waals surface area contributed by atoms with Crippen LogP contribution in [0, 0.1) is 11.8 Å². The lowest BCUT2D eigenvalue weighted by molar-refractivity contribution is -0.154. The largest absolute Gasteiger partial charge is 0.465 e. The highest BCUT2D eigenvalue weighted by Gasteiger charge is 2.74. The Kier molecular flexibility index (Phi) is 9.15. The van der Waals surface area contributed by atoms with E-state index >= 15 is 4.79 Å². The molecule has 0 aliphatic carbocycles. The first-order valence-electron chi connectivity index (χ1n) is 15.8. The lowest BCUT2D eigenvalue weighted by Crippen LogP contribution is -2.58. The van der Waals surface area contributed by atoms with Crippen LogP contribution in [0.1, 0.15) is 31.2 Å². The molecule has 0 aromatic heterocycles. The molecule has 2 amide bonds. The normalized spacial score (nSPS) is 25.6. The fourth-order valence-electron chi connectivity index (χ4n) is 7.61. The summed E-state index contributed by atoms with van der Waals surface area (Å²) in [6.45, 7) is 7.88. The Morgan fingerprint density at radius 3 is 2.56 bits per heavy atom. The van der Waals surface area contributed by atoms with Crippen molar-refractivity contribution in [1.29, 1.82) is 0 Å². The van der Waals surface area contributed by atoms with Crippen molar-refractivity contribution in [2.45, 2.75) is 54.2 Å². The van der Waals surface area contributed by atoms with Crippen molar-refractivity contribution in [2.24, 2.45) is 11.8 Å². The second-order valence-electron chi connectivity index (χ2n) is 12.2. The van der Waals surface area contributed by atoms with E-state index in [0.717, 1.165) is 29.2 Å².